The largest absolute Gasteiger partial charge is 1.00 e. The second-order valence-corrected chi connectivity index (χ2v) is 1.10. The number of carbonyl (C=O) groups is 1. The zero-order valence-corrected chi connectivity index (χ0v) is 7.33. The fourth-order valence-corrected chi connectivity index (χ4v) is 0.205. The number of aliphatic hydroxyl groups is 2. The van der Waals surface area contributed by atoms with Gasteiger partial charge in [-0.15, -0.1) is 0 Å². The second-order valence-electron chi connectivity index (χ2n) is 1.10. The van der Waals surface area contributed by atoms with E-state index >= 15 is 0 Å². The van der Waals surface area contributed by atoms with Crippen LogP contribution in [0.3, 0.4) is 0 Å². The Kier molecular flexibility index (Phi) is 11.3. The van der Waals surface area contributed by atoms with Gasteiger partial charge in [-0.05, 0) is 0 Å². The molecule has 0 spiro atoms. The summed E-state index contributed by atoms with van der Waals surface area (Å²) in [5.41, 5.74) is 0. The molecule has 2 N–H and O–H groups in total. The summed E-state index contributed by atoms with van der Waals surface area (Å²) in [4.78, 5) is 9.99. The third-order valence-corrected chi connectivity index (χ3v) is 0.483. The molecule has 0 radical (unpaired) electrons. The van der Waals surface area contributed by atoms with Gasteiger partial charge in [0.15, 0.2) is 0 Å². The van der Waals surface area contributed by atoms with Crippen LogP contribution in [0.25, 0.3) is 0 Å². The molecule has 9 heavy (non-hydrogen) atoms. The second kappa shape index (κ2) is 8.39. The zero-order valence-electron chi connectivity index (χ0n) is 6.33. The van der Waals surface area contributed by atoms with Crippen molar-refractivity contribution in [2.45, 2.75) is 0 Å². The van der Waals surface area contributed by atoms with Crippen LogP contribution in [0.2, 0.25) is 0 Å². The molecule has 0 atom stereocenters. The van der Waals surface area contributed by atoms with Crippen LogP contribution < -0.4 is 29.6 Å². The molecule has 0 aromatic rings. The molecule has 0 saturated heterocycles. The first-order valence-electron chi connectivity index (χ1n) is 2.18. The van der Waals surface area contributed by atoms with Gasteiger partial charge in [0.05, 0.1) is 6.61 Å². The van der Waals surface area contributed by atoms with Gasteiger partial charge in [-0.1, -0.05) is 0 Å². The normalized spacial score (nSPS) is 7.78. The fourth-order valence-electron chi connectivity index (χ4n) is 0.205. The van der Waals surface area contributed by atoms with Crippen LogP contribution in [0, 0.1) is 0 Å². The topological polar surface area (TPSA) is 66.8 Å². The van der Waals surface area contributed by atoms with E-state index in [9.17, 15) is 4.79 Å². The van der Waals surface area contributed by atoms with Crippen LogP contribution in [-0.4, -0.2) is 36.0 Å². The Morgan fingerprint density at radius 3 is 2.44 bits per heavy atom. The minimum absolute atomic E-state index is 0. The minimum Gasteiger partial charge on any atom is -1.00 e. The van der Waals surface area contributed by atoms with Gasteiger partial charge in [-0.3, -0.25) is 0 Å². The van der Waals surface area contributed by atoms with Crippen molar-refractivity contribution in [3.05, 3.63) is 0 Å². The van der Waals surface area contributed by atoms with Crippen molar-refractivity contribution >= 4 is 5.97 Å². The molecular weight excluding hydrogens is 135 g/mol. The van der Waals surface area contributed by atoms with E-state index in [2.05, 4.69) is 4.74 Å². The number of carbonyl (C=O) groups excluding carboxylic acids is 1. The molecular formula is C4H9NaO4. The molecule has 0 amide bonds. The molecule has 0 fully saturated rings. The number of rotatable bonds is 3. The SMILES string of the molecule is O=C(CO)OCCO.[H-].[Na+]. The number of esters is 1. The van der Waals surface area contributed by atoms with E-state index in [4.69, 9.17) is 10.2 Å². The molecule has 0 aromatic heterocycles. The van der Waals surface area contributed by atoms with Gasteiger partial charge in [0.25, 0.3) is 0 Å². The monoisotopic (exact) mass is 144 g/mol. The third-order valence-electron chi connectivity index (χ3n) is 0.483. The van der Waals surface area contributed by atoms with E-state index in [0.29, 0.717) is 0 Å². The maximum atomic E-state index is 9.99. The summed E-state index contributed by atoms with van der Waals surface area (Å²) in [6.45, 7) is -0.870. The number of aliphatic hydroxyl groups excluding tert-OH is 2. The molecule has 0 saturated carbocycles. The summed E-state index contributed by atoms with van der Waals surface area (Å²) < 4.78 is 4.20. The zero-order chi connectivity index (χ0) is 6.41. The van der Waals surface area contributed by atoms with Crippen molar-refractivity contribution in [2.24, 2.45) is 0 Å². The molecule has 0 heterocycles. The predicted molar refractivity (Wildman–Crippen MR) is 26.2 cm³/mol. The molecule has 0 aliphatic heterocycles. The van der Waals surface area contributed by atoms with Gasteiger partial charge in [-0.25, -0.2) is 4.79 Å². The standard InChI is InChI=1S/C4H8O4.Na.H/c5-1-2-8-4(7)3-6;;/h5-6H,1-3H2;;/q;+1;-1. The summed E-state index contributed by atoms with van der Waals surface area (Å²) >= 11 is 0. The smallest absolute Gasteiger partial charge is 1.00 e. The maximum absolute atomic E-state index is 9.99. The Labute approximate surface area is 76.6 Å². The predicted octanol–water partition coefficient (Wildman–Crippen LogP) is -4.37. The first kappa shape index (κ1) is 12.1. The van der Waals surface area contributed by atoms with Gasteiger partial charge in [-0.2, -0.15) is 0 Å². The Morgan fingerprint density at radius 1 is 1.56 bits per heavy atom. The van der Waals surface area contributed by atoms with Crippen LogP contribution in [0.4, 0.5) is 0 Å². The van der Waals surface area contributed by atoms with Crippen molar-refractivity contribution < 1.29 is 50.7 Å². The van der Waals surface area contributed by atoms with Crippen molar-refractivity contribution in [2.75, 3.05) is 19.8 Å². The van der Waals surface area contributed by atoms with Crippen LogP contribution in [0.5, 0.6) is 0 Å². The van der Waals surface area contributed by atoms with Gasteiger partial charge >= 0.3 is 35.5 Å². The fraction of sp³-hybridized carbons (Fsp3) is 0.750. The van der Waals surface area contributed by atoms with Gasteiger partial charge in [0, 0.05) is 0 Å². The Morgan fingerprint density at radius 2 is 2.11 bits per heavy atom. The van der Waals surface area contributed by atoms with Crippen LogP contribution >= 0.6 is 0 Å². The van der Waals surface area contributed by atoms with Crippen LogP contribution in [0.15, 0.2) is 0 Å². The molecule has 0 aliphatic rings. The Bertz CT molecular complexity index is 79.7. The summed E-state index contributed by atoms with van der Waals surface area (Å²) in [6, 6.07) is 0. The third kappa shape index (κ3) is 8.39. The van der Waals surface area contributed by atoms with Crippen LogP contribution in [0.1, 0.15) is 1.43 Å². The summed E-state index contributed by atoms with van der Waals surface area (Å²) in [5.74, 6) is -0.709. The van der Waals surface area contributed by atoms with Crippen LogP contribution in [-0.2, 0) is 9.53 Å². The number of hydrogen-bond acceptors (Lipinski definition) is 4. The van der Waals surface area contributed by atoms with Crippen molar-refractivity contribution in [1.29, 1.82) is 0 Å². The summed E-state index contributed by atoms with van der Waals surface area (Å²) in [6.07, 6.45) is 0. The molecule has 5 heteroatoms. The summed E-state index contributed by atoms with van der Waals surface area (Å²) in [7, 11) is 0. The van der Waals surface area contributed by atoms with Gasteiger partial charge in [0.2, 0.25) is 0 Å². The number of ether oxygens (including phenoxy) is 1. The van der Waals surface area contributed by atoms with Crippen molar-refractivity contribution in [3.63, 3.8) is 0 Å². The van der Waals surface area contributed by atoms with Gasteiger partial charge in [0.1, 0.15) is 13.2 Å². The molecule has 4 nitrogen and oxygen atoms in total. The average molecular weight is 144 g/mol. The molecule has 0 bridgehead atoms. The Balaban J connectivity index is -0.000000245. The van der Waals surface area contributed by atoms with Crippen molar-refractivity contribution in [1.82, 2.24) is 0 Å². The van der Waals surface area contributed by atoms with E-state index in [1.807, 2.05) is 0 Å². The Hall–Kier alpha value is 0.390. The maximum Gasteiger partial charge on any atom is 1.00 e. The van der Waals surface area contributed by atoms with Gasteiger partial charge < -0.3 is 16.4 Å². The van der Waals surface area contributed by atoms with Crippen molar-refractivity contribution in [3.8, 4) is 0 Å². The quantitative estimate of drug-likeness (QED) is 0.310. The first-order chi connectivity index (χ1) is 3.81. The molecule has 0 aliphatic carbocycles. The minimum atomic E-state index is -0.709. The van der Waals surface area contributed by atoms with E-state index in [0.717, 1.165) is 0 Å². The molecule has 0 rings (SSSR count). The molecule has 0 unspecified atom stereocenters. The van der Waals surface area contributed by atoms with E-state index in [1.165, 1.54) is 0 Å². The molecule has 0 aromatic carbocycles. The van der Waals surface area contributed by atoms with E-state index in [1.54, 1.807) is 0 Å². The van der Waals surface area contributed by atoms with E-state index < -0.39 is 12.6 Å². The summed E-state index contributed by atoms with van der Waals surface area (Å²) in [5, 5.41) is 16.1. The first-order valence-corrected chi connectivity index (χ1v) is 2.18. The molecule has 50 valence electrons. The average Bonchev–Trinajstić information content (AvgIpc) is 1.83. The number of hydrogen-bond donors (Lipinski definition) is 2. The van der Waals surface area contributed by atoms with E-state index in [-0.39, 0.29) is 44.2 Å².